The zero-order valence-corrected chi connectivity index (χ0v) is 25.5. The summed E-state index contributed by atoms with van der Waals surface area (Å²) in [5.74, 6) is -0.538. The summed E-state index contributed by atoms with van der Waals surface area (Å²) in [6, 6.07) is 10.3. The fourth-order valence-electron chi connectivity index (χ4n) is 4.55. The standard InChI is InChI=1S/C33H27F7OP2/c1-3-4-5-6-20-13-26(35)24(29(42)14-20)10-8-19-7-9-23(25(34)12-19)21-15-27(36)31(30(43)16-21)33(39,40)41-22-11-18(2)32(38)28(37)17-22/h7,9,11-17H,3-6,42-43H2,1-2H3. The summed E-state index contributed by atoms with van der Waals surface area (Å²) in [6.07, 6.45) is -0.458. The van der Waals surface area contributed by atoms with E-state index in [1.54, 1.807) is 0 Å². The molecule has 0 amide bonds. The van der Waals surface area contributed by atoms with E-state index in [-0.39, 0.29) is 33.1 Å². The van der Waals surface area contributed by atoms with E-state index in [9.17, 15) is 22.0 Å². The minimum atomic E-state index is -4.27. The second-order valence-electron chi connectivity index (χ2n) is 10.0. The molecule has 2 atom stereocenters. The molecule has 4 aromatic carbocycles. The van der Waals surface area contributed by atoms with E-state index < -0.39 is 46.5 Å². The van der Waals surface area contributed by atoms with E-state index in [0.717, 1.165) is 62.4 Å². The topological polar surface area (TPSA) is 9.23 Å². The van der Waals surface area contributed by atoms with Gasteiger partial charge < -0.3 is 4.74 Å². The minimum Gasteiger partial charge on any atom is -0.429 e. The van der Waals surface area contributed by atoms with Crippen molar-refractivity contribution in [2.24, 2.45) is 0 Å². The van der Waals surface area contributed by atoms with Gasteiger partial charge in [-0.05, 0) is 83.5 Å². The van der Waals surface area contributed by atoms with E-state index in [0.29, 0.717) is 11.4 Å². The van der Waals surface area contributed by atoms with Gasteiger partial charge in [0.15, 0.2) is 11.6 Å². The molecular formula is C33H27F7OP2. The number of benzene rings is 4. The number of hydrogen-bond donors (Lipinski definition) is 0. The lowest BCUT2D eigenvalue weighted by atomic mass is 10.0. The zero-order chi connectivity index (χ0) is 31.5. The summed E-state index contributed by atoms with van der Waals surface area (Å²) in [5.41, 5.74) is -0.311. The average molecular weight is 635 g/mol. The first-order valence-corrected chi connectivity index (χ1v) is 14.5. The Morgan fingerprint density at radius 3 is 2.14 bits per heavy atom. The minimum absolute atomic E-state index is 0.0420. The van der Waals surface area contributed by atoms with Gasteiger partial charge in [-0.15, -0.1) is 18.5 Å². The fourth-order valence-corrected chi connectivity index (χ4v) is 5.46. The van der Waals surface area contributed by atoms with Gasteiger partial charge in [0, 0.05) is 17.2 Å². The van der Waals surface area contributed by atoms with Crippen LogP contribution in [0.2, 0.25) is 0 Å². The Hall–Kier alpha value is -3.39. The van der Waals surface area contributed by atoms with Gasteiger partial charge in [-0.3, -0.25) is 0 Å². The summed E-state index contributed by atoms with van der Waals surface area (Å²) in [7, 11) is 4.41. The number of rotatable bonds is 8. The predicted molar refractivity (Wildman–Crippen MR) is 162 cm³/mol. The molecule has 4 aromatic rings. The van der Waals surface area contributed by atoms with Gasteiger partial charge in [-0.1, -0.05) is 43.7 Å². The highest BCUT2D eigenvalue weighted by atomic mass is 31.0. The van der Waals surface area contributed by atoms with Crippen LogP contribution >= 0.6 is 18.5 Å². The van der Waals surface area contributed by atoms with Crippen molar-refractivity contribution in [1.82, 2.24) is 0 Å². The molecule has 1 nitrogen and oxygen atoms in total. The lowest BCUT2D eigenvalue weighted by Gasteiger charge is -2.21. The summed E-state index contributed by atoms with van der Waals surface area (Å²) in [5, 5.41) is 0.240. The van der Waals surface area contributed by atoms with E-state index in [1.807, 2.05) is 15.3 Å². The summed E-state index contributed by atoms with van der Waals surface area (Å²) < 4.78 is 107. The van der Waals surface area contributed by atoms with Crippen LogP contribution in [0.1, 0.15) is 54.0 Å². The Balaban J connectivity index is 1.58. The van der Waals surface area contributed by atoms with Gasteiger partial charge >= 0.3 is 6.11 Å². The highest BCUT2D eigenvalue weighted by molar-refractivity contribution is 7.27. The molecule has 2 unspecified atom stereocenters. The summed E-state index contributed by atoms with van der Waals surface area (Å²) in [6.45, 7) is 3.25. The van der Waals surface area contributed by atoms with Gasteiger partial charge in [0.05, 0.1) is 5.56 Å². The van der Waals surface area contributed by atoms with Crippen molar-refractivity contribution in [3.8, 4) is 28.7 Å². The maximum absolute atomic E-state index is 15.1. The molecule has 0 fully saturated rings. The number of hydrogen-bond acceptors (Lipinski definition) is 1. The van der Waals surface area contributed by atoms with Gasteiger partial charge in [-0.25, -0.2) is 22.0 Å². The van der Waals surface area contributed by atoms with Gasteiger partial charge in [0.2, 0.25) is 0 Å². The molecule has 0 heterocycles. The van der Waals surface area contributed by atoms with Crippen LogP contribution in [-0.4, -0.2) is 0 Å². The molecule has 224 valence electrons. The monoisotopic (exact) mass is 634 g/mol. The average Bonchev–Trinajstić information content (AvgIpc) is 2.90. The van der Waals surface area contributed by atoms with E-state index in [1.165, 1.54) is 18.2 Å². The first-order chi connectivity index (χ1) is 20.3. The van der Waals surface area contributed by atoms with Crippen molar-refractivity contribution < 1.29 is 35.5 Å². The van der Waals surface area contributed by atoms with Crippen LogP contribution in [0.15, 0.2) is 54.6 Å². The van der Waals surface area contributed by atoms with Crippen molar-refractivity contribution in [1.29, 1.82) is 0 Å². The number of aryl methyl sites for hydroxylation is 2. The second kappa shape index (κ2) is 13.5. The lowest BCUT2D eigenvalue weighted by molar-refractivity contribution is -0.186. The lowest BCUT2D eigenvalue weighted by Crippen LogP contribution is -2.29. The van der Waals surface area contributed by atoms with Gasteiger partial charge in [0.25, 0.3) is 0 Å². The first-order valence-electron chi connectivity index (χ1n) is 13.3. The van der Waals surface area contributed by atoms with Gasteiger partial charge in [-0.2, -0.15) is 8.78 Å². The van der Waals surface area contributed by atoms with Crippen molar-refractivity contribution in [3.05, 3.63) is 112 Å². The van der Waals surface area contributed by atoms with Crippen LogP contribution in [-0.2, 0) is 12.5 Å². The molecule has 0 bridgehead atoms. The molecule has 0 aromatic heterocycles. The quantitative estimate of drug-likeness (QED) is 0.0817. The molecule has 0 aliphatic rings. The molecular weight excluding hydrogens is 607 g/mol. The Bertz CT molecular complexity index is 1670. The molecule has 0 saturated heterocycles. The Morgan fingerprint density at radius 2 is 1.51 bits per heavy atom. The van der Waals surface area contributed by atoms with E-state index >= 15 is 8.78 Å². The summed E-state index contributed by atoms with van der Waals surface area (Å²) >= 11 is 0. The van der Waals surface area contributed by atoms with Crippen molar-refractivity contribution in [3.63, 3.8) is 0 Å². The largest absolute Gasteiger partial charge is 0.430 e. The van der Waals surface area contributed by atoms with Crippen LogP contribution in [0.4, 0.5) is 30.7 Å². The van der Waals surface area contributed by atoms with Crippen LogP contribution < -0.4 is 15.3 Å². The number of ether oxygens (including phenoxy) is 1. The third kappa shape index (κ3) is 7.58. The molecule has 0 aliphatic heterocycles. The Labute approximate surface area is 250 Å². The maximum atomic E-state index is 15.1. The van der Waals surface area contributed by atoms with E-state index in [2.05, 4.69) is 32.7 Å². The third-order valence-electron chi connectivity index (χ3n) is 6.70. The molecule has 0 aliphatic carbocycles. The highest BCUT2D eigenvalue weighted by Gasteiger charge is 2.40. The van der Waals surface area contributed by atoms with Crippen LogP contribution in [0.25, 0.3) is 11.1 Å². The number of unbranched alkanes of at least 4 members (excludes halogenated alkanes) is 2. The molecule has 43 heavy (non-hydrogen) atoms. The molecule has 0 radical (unpaired) electrons. The molecule has 0 N–H and O–H groups in total. The van der Waals surface area contributed by atoms with E-state index in [4.69, 9.17) is 0 Å². The predicted octanol–water partition coefficient (Wildman–Crippen LogP) is 8.62. The Kier molecular flexibility index (Phi) is 10.2. The molecule has 0 saturated carbocycles. The number of alkyl halides is 2. The molecule has 0 spiro atoms. The van der Waals surface area contributed by atoms with Crippen molar-refractivity contribution in [2.75, 3.05) is 0 Å². The Morgan fingerprint density at radius 1 is 0.767 bits per heavy atom. The maximum Gasteiger partial charge on any atom is 0.430 e. The third-order valence-corrected chi connectivity index (χ3v) is 7.61. The van der Waals surface area contributed by atoms with Crippen LogP contribution in [0.3, 0.4) is 0 Å². The molecule has 4 rings (SSSR count). The van der Waals surface area contributed by atoms with Crippen LogP contribution in [0, 0.1) is 47.9 Å². The fraction of sp³-hybridized carbons (Fsp3) is 0.212. The first kappa shape index (κ1) is 32.5. The van der Waals surface area contributed by atoms with Crippen LogP contribution in [0.5, 0.6) is 5.75 Å². The number of halogens is 7. The van der Waals surface area contributed by atoms with Crippen molar-refractivity contribution >= 4 is 29.1 Å². The summed E-state index contributed by atoms with van der Waals surface area (Å²) in [4.78, 5) is 0. The van der Waals surface area contributed by atoms with Crippen molar-refractivity contribution in [2.45, 2.75) is 45.6 Å². The van der Waals surface area contributed by atoms with Gasteiger partial charge in [0.1, 0.15) is 28.8 Å². The molecule has 10 heteroatoms. The smallest absolute Gasteiger partial charge is 0.429 e. The zero-order valence-electron chi connectivity index (χ0n) is 23.2. The SMILES string of the molecule is CCCCCc1cc(F)c(C#Cc2ccc(-c3cc(F)c(C(F)(F)Oc4cc(C)c(F)c(F)c4)c(P)c3)c(F)c2)c(P)c1. The highest BCUT2D eigenvalue weighted by Crippen LogP contribution is 2.36. The normalized spacial score (nSPS) is 11.3. The second-order valence-corrected chi connectivity index (χ2v) is 11.3.